The molecule has 0 fully saturated rings. The van der Waals surface area contributed by atoms with Crippen molar-refractivity contribution in [2.45, 2.75) is 19.3 Å². The van der Waals surface area contributed by atoms with Gasteiger partial charge in [-0.15, -0.1) is 0 Å². The molecule has 2 aromatic heterocycles. The van der Waals surface area contributed by atoms with Gasteiger partial charge in [0.1, 0.15) is 0 Å². The summed E-state index contributed by atoms with van der Waals surface area (Å²) in [5.74, 6) is 0.719. The zero-order valence-electron chi connectivity index (χ0n) is 29.1. The van der Waals surface area contributed by atoms with Gasteiger partial charge in [-0.2, -0.15) is 0 Å². The molecule has 0 spiro atoms. The molecule has 52 heavy (non-hydrogen) atoms. The quantitative estimate of drug-likeness (QED) is 0.183. The van der Waals surface area contributed by atoms with Crippen LogP contribution in [0, 0.1) is 0 Å². The largest absolute Gasteiger partial charge is 0.309 e. The Labute approximate surface area is 303 Å². The van der Waals surface area contributed by atoms with Crippen LogP contribution in [0.5, 0.6) is 0 Å². The maximum absolute atomic E-state index is 5.18. The first-order valence-electron chi connectivity index (χ1n) is 17.9. The average molecular weight is 666 g/mol. The van der Waals surface area contributed by atoms with Crippen LogP contribution in [0.3, 0.4) is 0 Å². The minimum absolute atomic E-state index is 0.0944. The molecule has 0 amide bonds. The molecule has 0 atom stereocenters. The zero-order chi connectivity index (χ0) is 34.8. The fourth-order valence-electron chi connectivity index (χ4n) is 8.19. The fraction of sp³-hybridized carbons (Fsp3) is 0.0612. The van der Waals surface area contributed by atoms with E-state index in [9.17, 15) is 0 Å². The Morgan fingerprint density at radius 2 is 1.00 bits per heavy atom. The van der Waals surface area contributed by atoms with Gasteiger partial charge in [0.2, 0.25) is 0 Å². The number of para-hydroxylation sites is 2. The van der Waals surface area contributed by atoms with Crippen molar-refractivity contribution in [3.8, 4) is 61.8 Å². The first-order chi connectivity index (χ1) is 25.5. The molecule has 3 heteroatoms. The van der Waals surface area contributed by atoms with Crippen molar-refractivity contribution in [3.05, 3.63) is 187 Å². The number of rotatable bonds is 5. The Hall–Kier alpha value is -6.58. The maximum Gasteiger partial charge on any atom is 0.160 e. The topological polar surface area (TPSA) is 30.7 Å². The van der Waals surface area contributed by atoms with Gasteiger partial charge in [0.05, 0.1) is 22.4 Å². The summed E-state index contributed by atoms with van der Waals surface area (Å²) in [6.45, 7) is 4.65. The predicted molar refractivity (Wildman–Crippen MR) is 216 cm³/mol. The summed E-state index contributed by atoms with van der Waals surface area (Å²) in [6, 6.07) is 62.9. The minimum atomic E-state index is -0.0944. The fourth-order valence-corrected chi connectivity index (χ4v) is 8.19. The molecule has 0 N–H and O–H groups in total. The molecule has 0 aliphatic heterocycles. The number of benzene rings is 7. The summed E-state index contributed by atoms with van der Waals surface area (Å²) in [4.78, 5) is 10.4. The summed E-state index contributed by atoms with van der Waals surface area (Å²) in [5.41, 5.74) is 16.1. The molecule has 0 unspecified atom stereocenters. The molecule has 0 saturated heterocycles. The lowest BCUT2D eigenvalue weighted by atomic mass is 9.82. The Kier molecular flexibility index (Phi) is 6.84. The van der Waals surface area contributed by atoms with Gasteiger partial charge in [-0.25, -0.2) is 9.97 Å². The Bertz CT molecular complexity index is 2810. The third-order valence-corrected chi connectivity index (χ3v) is 10.8. The van der Waals surface area contributed by atoms with Crippen molar-refractivity contribution in [3.63, 3.8) is 0 Å². The second kappa shape index (κ2) is 11.8. The van der Waals surface area contributed by atoms with Gasteiger partial charge in [-0.3, -0.25) is 0 Å². The molecule has 246 valence electrons. The van der Waals surface area contributed by atoms with E-state index >= 15 is 0 Å². The van der Waals surface area contributed by atoms with E-state index in [0.29, 0.717) is 0 Å². The van der Waals surface area contributed by atoms with Crippen LogP contribution in [0.15, 0.2) is 176 Å². The van der Waals surface area contributed by atoms with E-state index in [2.05, 4.69) is 176 Å². The highest BCUT2D eigenvalue weighted by Crippen LogP contribution is 2.49. The van der Waals surface area contributed by atoms with Gasteiger partial charge in [0, 0.05) is 38.6 Å². The third kappa shape index (κ3) is 4.81. The van der Waals surface area contributed by atoms with Crippen molar-refractivity contribution in [2.75, 3.05) is 0 Å². The first-order valence-corrected chi connectivity index (χ1v) is 17.9. The molecule has 10 rings (SSSR count). The minimum Gasteiger partial charge on any atom is -0.309 e. The molecule has 9 aromatic rings. The zero-order valence-corrected chi connectivity index (χ0v) is 29.1. The van der Waals surface area contributed by atoms with E-state index < -0.39 is 0 Å². The van der Waals surface area contributed by atoms with Gasteiger partial charge in [-0.05, 0) is 81.9 Å². The van der Waals surface area contributed by atoms with E-state index in [1.165, 1.54) is 49.6 Å². The number of hydrogen-bond acceptors (Lipinski definition) is 2. The van der Waals surface area contributed by atoms with E-state index in [1.54, 1.807) is 0 Å². The van der Waals surface area contributed by atoms with Crippen molar-refractivity contribution >= 4 is 21.8 Å². The second-order valence-corrected chi connectivity index (χ2v) is 14.3. The molecule has 1 aliphatic rings. The monoisotopic (exact) mass is 665 g/mol. The van der Waals surface area contributed by atoms with Crippen LogP contribution >= 0.6 is 0 Å². The summed E-state index contributed by atoms with van der Waals surface area (Å²) in [5, 5.41) is 2.48. The molecule has 0 bridgehead atoms. The smallest absolute Gasteiger partial charge is 0.160 e. The summed E-state index contributed by atoms with van der Waals surface area (Å²) >= 11 is 0. The molecular formula is C49H35N3. The van der Waals surface area contributed by atoms with E-state index in [0.717, 1.165) is 45.2 Å². The van der Waals surface area contributed by atoms with Gasteiger partial charge >= 0.3 is 0 Å². The van der Waals surface area contributed by atoms with Gasteiger partial charge in [0.25, 0.3) is 0 Å². The molecule has 7 aromatic carbocycles. The number of aromatic nitrogens is 3. The van der Waals surface area contributed by atoms with E-state index in [4.69, 9.17) is 9.97 Å². The van der Waals surface area contributed by atoms with Crippen LogP contribution in [0.1, 0.15) is 25.0 Å². The SMILES string of the molecule is CC1(C)c2ccccc2-c2ccc(-c3cc(-c4cccc(-c5ccc6c(c5)c5ccccc5n6-c5ccccc5)c4)nc(-c4ccccc4)n3)cc21. The highest BCUT2D eigenvalue weighted by molar-refractivity contribution is 6.10. The number of hydrogen-bond donors (Lipinski definition) is 0. The van der Waals surface area contributed by atoms with Crippen LogP contribution in [0.4, 0.5) is 0 Å². The lowest BCUT2D eigenvalue weighted by molar-refractivity contribution is 0.660. The second-order valence-electron chi connectivity index (χ2n) is 14.3. The molecule has 0 radical (unpaired) electrons. The Balaban J connectivity index is 1.10. The van der Waals surface area contributed by atoms with Crippen molar-refractivity contribution in [1.82, 2.24) is 14.5 Å². The lowest BCUT2D eigenvalue weighted by Crippen LogP contribution is -2.14. The summed E-state index contributed by atoms with van der Waals surface area (Å²) < 4.78 is 2.36. The van der Waals surface area contributed by atoms with Gasteiger partial charge in [0.15, 0.2) is 5.82 Å². The summed E-state index contributed by atoms with van der Waals surface area (Å²) in [7, 11) is 0. The molecule has 0 saturated carbocycles. The molecular weight excluding hydrogens is 631 g/mol. The third-order valence-electron chi connectivity index (χ3n) is 10.8. The van der Waals surface area contributed by atoms with Crippen molar-refractivity contribution < 1.29 is 0 Å². The highest BCUT2D eigenvalue weighted by Gasteiger charge is 2.35. The first kappa shape index (κ1) is 30.3. The normalized spacial score (nSPS) is 13.0. The summed E-state index contributed by atoms with van der Waals surface area (Å²) in [6.07, 6.45) is 0. The van der Waals surface area contributed by atoms with Crippen LogP contribution < -0.4 is 0 Å². The standard InChI is InChI=1S/C49H35N3/c1-49(2)42-22-11-9-20-38(42)39-26-24-36(30-43(39)49)45-31-44(50-48(51-45)32-14-5-3-6-15-32)35-17-13-16-33(28-35)34-25-27-47-41(29-34)40-21-10-12-23-46(40)52(47)37-18-7-4-8-19-37/h3-31H,1-2H3. The highest BCUT2D eigenvalue weighted by atomic mass is 15.0. The predicted octanol–water partition coefficient (Wildman–Crippen LogP) is 12.5. The van der Waals surface area contributed by atoms with Crippen molar-refractivity contribution in [2.24, 2.45) is 0 Å². The Morgan fingerprint density at radius 1 is 0.404 bits per heavy atom. The van der Waals surface area contributed by atoms with Gasteiger partial charge in [-0.1, -0.05) is 141 Å². The van der Waals surface area contributed by atoms with Crippen LogP contribution in [0.25, 0.3) is 83.6 Å². The molecule has 3 nitrogen and oxygen atoms in total. The van der Waals surface area contributed by atoms with Crippen LogP contribution in [-0.4, -0.2) is 14.5 Å². The number of nitrogens with zero attached hydrogens (tertiary/aromatic N) is 3. The van der Waals surface area contributed by atoms with E-state index in [-0.39, 0.29) is 5.41 Å². The van der Waals surface area contributed by atoms with Crippen LogP contribution in [0.2, 0.25) is 0 Å². The maximum atomic E-state index is 5.18. The van der Waals surface area contributed by atoms with Crippen LogP contribution in [-0.2, 0) is 5.41 Å². The molecule has 2 heterocycles. The van der Waals surface area contributed by atoms with Crippen molar-refractivity contribution in [1.29, 1.82) is 0 Å². The Morgan fingerprint density at radius 3 is 1.83 bits per heavy atom. The average Bonchev–Trinajstić information content (AvgIpc) is 3.66. The van der Waals surface area contributed by atoms with E-state index in [1.807, 2.05) is 18.2 Å². The molecule has 1 aliphatic carbocycles. The number of fused-ring (bicyclic) bond motifs is 6. The lowest BCUT2D eigenvalue weighted by Gasteiger charge is -2.22. The van der Waals surface area contributed by atoms with Gasteiger partial charge < -0.3 is 4.57 Å².